The summed E-state index contributed by atoms with van der Waals surface area (Å²) in [5.41, 5.74) is 8.84. The fourth-order valence-corrected chi connectivity index (χ4v) is 3.47. The van der Waals surface area contributed by atoms with Gasteiger partial charge in [0.25, 0.3) is 0 Å². The molecule has 10 heteroatoms. The molecular weight excluding hydrogens is 439 g/mol. The molecule has 5 nitrogen and oxygen atoms in total. The quantitative estimate of drug-likeness (QED) is 0.406. The van der Waals surface area contributed by atoms with Crippen molar-refractivity contribution < 1.29 is 8.78 Å². The number of piperazine rings is 1. The Morgan fingerprint density at radius 1 is 1.10 bits per heavy atom. The molecule has 154 valence electrons. The van der Waals surface area contributed by atoms with Gasteiger partial charge in [0, 0.05) is 44.4 Å². The Morgan fingerprint density at radius 2 is 1.83 bits per heavy atom. The van der Waals surface area contributed by atoms with E-state index in [0.717, 1.165) is 17.8 Å². The number of nitrogens with one attached hydrogen (secondary N) is 1. The molecule has 3 N–H and O–H groups in total. The number of thiocarbonyl (C=S) groups is 1. The maximum atomic E-state index is 14.5. The zero-order valence-corrected chi connectivity index (χ0v) is 17.7. The predicted molar refractivity (Wildman–Crippen MR) is 118 cm³/mol. The van der Waals surface area contributed by atoms with Crippen molar-refractivity contribution in [1.82, 2.24) is 10.3 Å². The van der Waals surface area contributed by atoms with Gasteiger partial charge in [-0.05, 0) is 36.0 Å². The van der Waals surface area contributed by atoms with E-state index in [1.165, 1.54) is 6.07 Å². The van der Waals surface area contributed by atoms with E-state index in [-0.39, 0.29) is 16.4 Å². The van der Waals surface area contributed by atoms with Gasteiger partial charge in [0.15, 0.2) is 5.11 Å². The van der Waals surface area contributed by atoms with E-state index < -0.39 is 11.6 Å². The Labute approximate surface area is 183 Å². The minimum Gasteiger partial charge on any atom is -0.375 e. The van der Waals surface area contributed by atoms with Crippen LogP contribution in [0.15, 0.2) is 35.4 Å². The lowest BCUT2D eigenvalue weighted by atomic mass is 10.1. The monoisotopic (exact) mass is 457 g/mol. The smallest absolute Gasteiger partial charge is 0.184 e. The van der Waals surface area contributed by atoms with Gasteiger partial charge in [0.05, 0.1) is 21.9 Å². The topological polar surface area (TPSA) is 56.9 Å². The van der Waals surface area contributed by atoms with Crippen LogP contribution in [0.1, 0.15) is 11.1 Å². The fraction of sp³-hybridized carbons (Fsp3) is 0.263. The Morgan fingerprint density at radius 3 is 2.48 bits per heavy atom. The molecule has 29 heavy (non-hydrogen) atoms. The van der Waals surface area contributed by atoms with Gasteiger partial charge >= 0.3 is 0 Å². The number of benzene rings is 2. The molecule has 1 aliphatic heterocycles. The van der Waals surface area contributed by atoms with Gasteiger partial charge in [-0.25, -0.2) is 8.78 Å². The van der Waals surface area contributed by atoms with Crippen LogP contribution in [-0.2, 0) is 6.54 Å². The number of nitrogens with two attached hydrogens (primary N) is 1. The third-order valence-corrected chi connectivity index (χ3v) is 5.38. The predicted octanol–water partition coefficient (Wildman–Crippen LogP) is 3.76. The molecule has 1 aliphatic rings. The number of hydrogen-bond donors (Lipinski definition) is 2. The maximum absolute atomic E-state index is 14.5. The first-order valence-corrected chi connectivity index (χ1v) is 9.98. The second kappa shape index (κ2) is 9.67. The van der Waals surface area contributed by atoms with Gasteiger partial charge in [0.2, 0.25) is 0 Å². The third-order valence-electron chi connectivity index (χ3n) is 4.55. The van der Waals surface area contributed by atoms with Crippen LogP contribution in [0.2, 0.25) is 10.0 Å². The van der Waals surface area contributed by atoms with Crippen LogP contribution in [0.4, 0.5) is 14.5 Å². The lowest BCUT2D eigenvalue weighted by molar-refractivity contribution is 0.249. The molecule has 0 radical (unpaired) electrons. The van der Waals surface area contributed by atoms with Crippen molar-refractivity contribution in [1.29, 1.82) is 0 Å². The molecule has 0 saturated carbocycles. The largest absolute Gasteiger partial charge is 0.375 e. The Balaban J connectivity index is 1.62. The molecule has 3 rings (SSSR count). The van der Waals surface area contributed by atoms with Crippen molar-refractivity contribution in [2.45, 2.75) is 6.54 Å². The van der Waals surface area contributed by atoms with Gasteiger partial charge in [-0.1, -0.05) is 29.3 Å². The molecule has 0 bridgehead atoms. The van der Waals surface area contributed by atoms with Crippen molar-refractivity contribution in [2.75, 3.05) is 31.1 Å². The van der Waals surface area contributed by atoms with Gasteiger partial charge in [-0.3, -0.25) is 10.3 Å². The standard InChI is InChI=1S/C19H19Cl2F2N5S/c20-14-2-1-12(7-15(14)21)11-27-3-5-28(6-4-27)18-9-16(22)13(8-17(18)23)10-25-26-19(24)29/h1-2,7-10H,3-6,11H2,(H3,24,26,29)/b25-10+. The second-order valence-corrected chi connectivity index (χ2v) is 7.83. The van der Waals surface area contributed by atoms with Crippen LogP contribution in [-0.4, -0.2) is 42.4 Å². The molecule has 0 amide bonds. The molecular formula is C19H19Cl2F2N5S. The number of halogens is 4. The van der Waals surface area contributed by atoms with Gasteiger partial charge in [-0.2, -0.15) is 5.10 Å². The number of nitrogens with zero attached hydrogens (tertiary/aromatic N) is 3. The summed E-state index contributed by atoms with van der Waals surface area (Å²) in [4.78, 5) is 4.06. The highest BCUT2D eigenvalue weighted by Crippen LogP contribution is 2.26. The van der Waals surface area contributed by atoms with E-state index in [4.69, 9.17) is 28.9 Å². The third kappa shape index (κ3) is 5.76. The van der Waals surface area contributed by atoms with Crippen LogP contribution >= 0.6 is 35.4 Å². The first kappa shape index (κ1) is 21.7. The van der Waals surface area contributed by atoms with Crippen molar-refractivity contribution in [3.8, 4) is 0 Å². The molecule has 0 aromatic heterocycles. The molecule has 0 aliphatic carbocycles. The lowest BCUT2D eigenvalue weighted by Gasteiger charge is -2.36. The van der Waals surface area contributed by atoms with Crippen LogP contribution in [0, 0.1) is 11.6 Å². The average Bonchev–Trinajstić information content (AvgIpc) is 2.68. The van der Waals surface area contributed by atoms with E-state index in [2.05, 4.69) is 27.6 Å². The number of hydrogen-bond acceptors (Lipinski definition) is 4. The summed E-state index contributed by atoms with van der Waals surface area (Å²) in [6, 6.07) is 7.85. The van der Waals surface area contributed by atoms with Crippen molar-refractivity contribution in [3.05, 3.63) is 63.1 Å². The van der Waals surface area contributed by atoms with E-state index in [0.29, 0.717) is 42.8 Å². The second-order valence-electron chi connectivity index (χ2n) is 6.57. The van der Waals surface area contributed by atoms with E-state index in [1.54, 1.807) is 6.07 Å². The SMILES string of the molecule is NC(=S)N/N=C/c1cc(F)c(N2CCN(Cc3ccc(Cl)c(Cl)c3)CC2)cc1F. The average molecular weight is 458 g/mol. The number of hydrazone groups is 1. The Hall–Kier alpha value is -2.00. The molecule has 1 saturated heterocycles. The van der Waals surface area contributed by atoms with Gasteiger partial charge in [0.1, 0.15) is 11.6 Å². The molecule has 1 heterocycles. The highest BCUT2D eigenvalue weighted by molar-refractivity contribution is 7.80. The van der Waals surface area contributed by atoms with Gasteiger partial charge in [-0.15, -0.1) is 0 Å². The minimum absolute atomic E-state index is 0.00764. The summed E-state index contributed by atoms with van der Waals surface area (Å²) in [7, 11) is 0. The van der Waals surface area contributed by atoms with Crippen LogP contribution < -0.4 is 16.1 Å². The summed E-state index contributed by atoms with van der Waals surface area (Å²) in [6.07, 6.45) is 1.14. The summed E-state index contributed by atoms with van der Waals surface area (Å²) in [5, 5.41) is 4.64. The highest BCUT2D eigenvalue weighted by atomic mass is 35.5. The molecule has 1 fully saturated rings. The first-order valence-electron chi connectivity index (χ1n) is 8.82. The van der Waals surface area contributed by atoms with Crippen LogP contribution in [0.3, 0.4) is 0 Å². The molecule has 0 spiro atoms. The lowest BCUT2D eigenvalue weighted by Crippen LogP contribution is -2.46. The first-order chi connectivity index (χ1) is 13.8. The zero-order chi connectivity index (χ0) is 21.0. The Bertz CT molecular complexity index is 933. The Kier molecular flexibility index (Phi) is 7.23. The molecule has 0 unspecified atom stereocenters. The van der Waals surface area contributed by atoms with E-state index in [9.17, 15) is 8.78 Å². The van der Waals surface area contributed by atoms with Crippen LogP contribution in [0.25, 0.3) is 0 Å². The van der Waals surface area contributed by atoms with E-state index >= 15 is 0 Å². The summed E-state index contributed by atoms with van der Waals surface area (Å²) < 4.78 is 28.9. The normalized spacial score (nSPS) is 15.1. The van der Waals surface area contributed by atoms with Gasteiger partial charge < -0.3 is 10.6 Å². The minimum atomic E-state index is -0.576. The van der Waals surface area contributed by atoms with Crippen LogP contribution in [0.5, 0.6) is 0 Å². The molecule has 0 atom stereocenters. The van der Waals surface area contributed by atoms with Crippen molar-refractivity contribution in [2.24, 2.45) is 10.8 Å². The van der Waals surface area contributed by atoms with Crippen molar-refractivity contribution in [3.63, 3.8) is 0 Å². The van der Waals surface area contributed by atoms with Crippen molar-refractivity contribution >= 4 is 52.4 Å². The molecule has 2 aromatic carbocycles. The number of anilines is 1. The number of rotatable bonds is 5. The fourth-order valence-electron chi connectivity index (χ4n) is 3.10. The molecule has 2 aromatic rings. The highest BCUT2D eigenvalue weighted by Gasteiger charge is 2.21. The zero-order valence-electron chi connectivity index (χ0n) is 15.3. The summed E-state index contributed by atoms with van der Waals surface area (Å²) in [6.45, 7) is 3.29. The van der Waals surface area contributed by atoms with E-state index in [1.807, 2.05) is 17.0 Å². The maximum Gasteiger partial charge on any atom is 0.184 e. The summed E-state index contributed by atoms with van der Waals surface area (Å²) in [5.74, 6) is -1.09. The summed E-state index contributed by atoms with van der Waals surface area (Å²) >= 11 is 16.6.